The van der Waals surface area contributed by atoms with Gasteiger partial charge in [0.05, 0.1) is 23.2 Å². The van der Waals surface area contributed by atoms with Crippen LogP contribution in [-0.4, -0.2) is 37.6 Å². The van der Waals surface area contributed by atoms with E-state index in [2.05, 4.69) is 33.7 Å². The van der Waals surface area contributed by atoms with E-state index in [1.807, 2.05) is 71.6 Å². The number of thioether (sulfide) groups is 2. The van der Waals surface area contributed by atoms with E-state index >= 15 is 0 Å². The van der Waals surface area contributed by atoms with E-state index in [9.17, 15) is 4.79 Å². The van der Waals surface area contributed by atoms with Crippen molar-refractivity contribution in [2.75, 3.05) is 16.4 Å². The van der Waals surface area contributed by atoms with Crippen molar-refractivity contribution in [3.8, 4) is 5.69 Å². The van der Waals surface area contributed by atoms with Crippen molar-refractivity contribution < 1.29 is 4.79 Å². The third-order valence-corrected chi connectivity index (χ3v) is 7.10. The first kappa shape index (κ1) is 19.8. The fourth-order valence-corrected chi connectivity index (χ4v) is 5.53. The first-order valence-corrected chi connectivity index (χ1v) is 11.8. The summed E-state index contributed by atoms with van der Waals surface area (Å²) in [5.74, 6) is 1.10. The SMILES string of the molecule is O=C(CSc1nnnn1-c1ccccc1)N1c2ccccc2SC[C@H]1c1ccccc1. The normalized spacial score (nSPS) is 15.5. The van der Waals surface area contributed by atoms with Crippen LogP contribution in [0.15, 0.2) is 95.0 Å². The Morgan fingerprint density at radius 1 is 0.968 bits per heavy atom. The molecule has 0 N–H and O–H groups in total. The molecule has 1 atom stereocenters. The van der Waals surface area contributed by atoms with Crippen LogP contribution in [0.3, 0.4) is 0 Å². The van der Waals surface area contributed by atoms with Gasteiger partial charge < -0.3 is 4.90 Å². The summed E-state index contributed by atoms with van der Waals surface area (Å²) in [7, 11) is 0. The van der Waals surface area contributed by atoms with Crippen LogP contribution >= 0.6 is 23.5 Å². The Bertz CT molecular complexity index is 1180. The third kappa shape index (κ3) is 4.08. The molecule has 0 bridgehead atoms. The lowest BCUT2D eigenvalue weighted by molar-refractivity contribution is -0.116. The number of para-hydroxylation sites is 2. The van der Waals surface area contributed by atoms with Crippen molar-refractivity contribution in [1.82, 2.24) is 20.2 Å². The van der Waals surface area contributed by atoms with E-state index in [1.165, 1.54) is 11.8 Å². The third-order valence-electron chi connectivity index (χ3n) is 5.05. The molecule has 1 aliphatic rings. The number of anilines is 1. The lowest BCUT2D eigenvalue weighted by atomic mass is 10.1. The Labute approximate surface area is 188 Å². The number of nitrogens with zero attached hydrogens (tertiary/aromatic N) is 5. The van der Waals surface area contributed by atoms with E-state index in [1.54, 1.807) is 16.4 Å². The molecule has 3 aromatic carbocycles. The van der Waals surface area contributed by atoms with Crippen LogP contribution in [0.25, 0.3) is 5.69 Å². The average molecular weight is 446 g/mol. The highest BCUT2D eigenvalue weighted by Crippen LogP contribution is 2.43. The lowest BCUT2D eigenvalue weighted by Crippen LogP contribution is -2.39. The van der Waals surface area contributed by atoms with Crippen LogP contribution in [0.1, 0.15) is 11.6 Å². The van der Waals surface area contributed by atoms with Gasteiger partial charge in [0, 0.05) is 10.6 Å². The number of rotatable bonds is 5. The molecule has 8 heteroatoms. The molecule has 5 rings (SSSR count). The summed E-state index contributed by atoms with van der Waals surface area (Å²) in [6.45, 7) is 0. The van der Waals surface area contributed by atoms with Gasteiger partial charge in [0.15, 0.2) is 0 Å². The van der Waals surface area contributed by atoms with Crippen LogP contribution in [0.4, 0.5) is 5.69 Å². The topological polar surface area (TPSA) is 63.9 Å². The number of carbonyl (C=O) groups excluding carboxylic acids is 1. The number of carbonyl (C=O) groups is 1. The zero-order chi connectivity index (χ0) is 21.0. The molecule has 1 aromatic heterocycles. The smallest absolute Gasteiger partial charge is 0.238 e. The van der Waals surface area contributed by atoms with Crippen molar-refractivity contribution in [3.63, 3.8) is 0 Å². The summed E-state index contributed by atoms with van der Waals surface area (Å²) in [5.41, 5.74) is 2.96. The number of hydrogen-bond donors (Lipinski definition) is 0. The summed E-state index contributed by atoms with van der Waals surface area (Å²) in [5, 5.41) is 12.6. The van der Waals surface area contributed by atoms with Crippen LogP contribution in [0.5, 0.6) is 0 Å². The maximum Gasteiger partial charge on any atom is 0.238 e. The molecule has 0 saturated carbocycles. The molecule has 0 aliphatic carbocycles. The maximum absolute atomic E-state index is 13.5. The summed E-state index contributed by atoms with van der Waals surface area (Å²) in [6.07, 6.45) is 0. The van der Waals surface area contributed by atoms with Crippen molar-refractivity contribution in [3.05, 3.63) is 90.5 Å². The van der Waals surface area contributed by atoms with E-state index in [4.69, 9.17) is 0 Å². The van der Waals surface area contributed by atoms with Gasteiger partial charge in [-0.05, 0) is 40.3 Å². The molecule has 31 heavy (non-hydrogen) atoms. The number of benzene rings is 3. The monoisotopic (exact) mass is 445 g/mol. The quantitative estimate of drug-likeness (QED) is 0.417. The number of fused-ring (bicyclic) bond motifs is 1. The van der Waals surface area contributed by atoms with Crippen molar-refractivity contribution >= 4 is 35.1 Å². The summed E-state index contributed by atoms with van der Waals surface area (Å²) >= 11 is 3.14. The molecule has 1 amide bonds. The van der Waals surface area contributed by atoms with Crippen molar-refractivity contribution in [1.29, 1.82) is 0 Å². The highest BCUT2D eigenvalue weighted by molar-refractivity contribution is 8.00. The molecule has 0 fully saturated rings. The molecule has 0 unspecified atom stereocenters. The minimum absolute atomic E-state index is 0.0145. The Morgan fingerprint density at radius 2 is 1.68 bits per heavy atom. The highest BCUT2D eigenvalue weighted by Gasteiger charge is 2.32. The van der Waals surface area contributed by atoms with Crippen LogP contribution in [0.2, 0.25) is 0 Å². The van der Waals surface area contributed by atoms with Gasteiger partial charge in [-0.2, -0.15) is 4.68 Å². The predicted molar refractivity (Wildman–Crippen MR) is 124 cm³/mol. The largest absolute Gasteiger partial charge is 0.302 e. The molecule has 6 nitrogen and oxygen atoms in total. The van der Waals surface area contributed by atoms with Gasteiger partial charge >= 0.3 is 0 Å². The van der Waals surface area contributed by atoms with Gasteiger partial charge in [-0.25, -0.2) is 0 Å². The molecule has 154 valence electrons. The van der Waals surface area contributed by atoms with E-state index in [-0.39, 0.29) is 17.7 Å². The summed E-state index contributed by atoms with van der Waals surface area (Å²) in [4.78, 5) is 16.6. The average Bonchev–Trinajstić information content (AvgIpc) is 3.31. The molecular formula is C23H19N5OS2. The van der Waals surface area contributed by atoms with Crippen molar-refractivity contribution in [2.24, 2.45) is 0 Å². The van der Waals surface area contributed by atoms with Crippen LogP contribution in [-0.2, 0) is 4.79 Å². The zero-order valence-corrected chi connectivity index (χ0v) is 18.2. The molecular weight excluding hydrogens is 426 g/mol. The molecule has 0 radical (unpaired) electrons. The molecule has 0 saturated heterocycles. The van der Waals surface area contributed by atoms with E-state index in [0.717, 1.165) is 27.6 Å². The van der Waals surface area contributed by atoms with Gasteiger partial charge in [-0.1, -0.05) is 72.4 Å². The van der Waals surface area contributed by atoms with Gasteiger partial charge in [0.1, 0.15) is 0 Å². The Hall–Kier alpha value is -3.10. The van der Waals surface area contributed by atoms with Gasteiger partial charge in [-0.15, -0.1) is 16.9 Å². The van der Waals surface area contributed by atoms with Gasteiger partial charge in [-0.3, -0.25) is 4.79 Å². The Balaban J connectivity index is 1.41. The first-order chi connectivity index (χ1) is 15.3. The predicted octanol–water partition coefficient (Wildman–Crippen LogP) is 4.63. The number of hydrogen-bond acceptors (Lipinski definition) is 6. The number of tetrazole rings is 1. The standard InChI is InChI=1S/C23H19N5OS2/c29-22(16-31-23-24-25-26-28(23)18-11-5-2-6-12-18)27-19-13-7-8-14-21(19)30-15-20(27)17-9-3-1-4-10-17/h1-14,20H,15-16H2/t20-/m0/s1. The van der Waals surface area contributed by atoms with Gasteiger partial charge in [0.2, 0.25) is 11.1 Å². The second kappa shape index (κ2) is 8.95. The Morgan fingerprint density at radius 3 is 2.48 bits per heavy atom. The zero-order valence-electron chi connectivity index (χ0n) is 16.5. The summed E-state index contributed by atoms with van der Waals surface area (Å²) < 4.78 is 1.66. The van der Waals surface area contributed by atoms with E-state index in [0.29, 0.717) is 5.16 Å². The second-order valence-electron chi connectivity index (χ2n) is 6.97. The Kier molecular flexibility index (Phi) is 5.73. The van der Waals surface area contributed by atoms with Crippen LogP contribution < -0.4 is 4.90 Å². The summed E-state index contributed by atoms with van der Waals surface area (Å²) in [6, 6.07) is 28.0. The minimum Gasteiger partial charge on any atom is -0.302 e. The molecule has 0 spiro atoms. The first-order valence-electron chi connectivity index (χ1n) is 9.87. The van der Waals surface area contributed by atoms with Crippen LogP contribution in [0, 0.1) is 0 Å². The fraction of sp³-hybridized carbons (Fsp3) is 0.130. The van der Waals surface area contributed by atoms with E-state index < -0.39 is 0 Å². The van der Waals surface area contributed by atoms with Gasteiger partial charge in [0.25, 0.3) is 0 Å². The van der Waals surface area contributed by atoms with Crippen molar-refractivity contribution in [2.45, 2.75) is 16.1 Å². The minimum atomic E-state index is -0.0145. The highest BCUT2D eigenvalue weighted by atomic mass is 32.2. The number of aromatic nitrogens is 4. The fourth-order valence-electron chi connectivity index (χ4n) is 3.61. The molecule has 4 aromatic rings. The second-order valence-corrected chi connectivity index (χ2v) is 8.97. The maximum atomic E-state index is 13.5. The molecule has 1 aliphatic heterocycles. The number of amides is 1. The molecule has 2 heterocycles. The lowest BCUT2D eigenvalue weighted by Gasteiger charge is -2.37.